The topological polar surface area (TPSA) is 105 Å². The molecular formula is C16H15FN4O4S. The molecule has 0 saturated carbocycles. The van der Waals surface area contributed by atoms with Gasteiger partial charge in [0.2, 0.25) is 11.8 Å². The maximum atomic E-state index is 12.9. The highest BCUT2D eigenvalue weighted by Crippen LogP contribution is 2.26. The molecule has 1 aromatic carbocycles. The lowest BCUT2D eigenvalue weighted by Gasteiger charge is -2.16. The van der Waals surface area contributed by atoms with Crippen LogP contribution in [-0.4, -0.2) is 39.7 Å². The summed E-state index contributed by atoms with van der Waals surface area (Å²) in [5.74, 6) is -1.35. The molecule has 10 heteroatoms. The van der Waals surface area contributed by atoms with Gasteiger partial charge in [-0.2, -0.15) is 0 Å². The normalized spacial score (nSPS) is 16.7. The lowest BCUT2D eigenvalue weighted by Crippen LogP contribution is -2.30. The number of hydrogen-bond acceptors (Lipinski definition) is 6. The number of nitrogens with zero attached hydrogens (tertiary/aromatic N) is 3. The second-order valence-electron chi connectivity index (χ2n) is 5.87. The molecule has 1 aromatic heterocycles. The second-order valence-corrected chi connectivity index (χ2v) is 6.88. The molecule has 1 atom stereocenters. The highest BCUT2D eigenvalue weighted by molar-refractivity contribution is 7.18. The average molecular weight is 378 g/mol. The first kappa shape index (κ1) is 17.9. The molecule has 0 bridgehead atoms. The van der Waals surface area contributed by atoms with Crippen molar-refractivity contribution in [1.29, 1.82) is 0 Å². The number of nitrogens with one attached hydrogen (secondary N) is 1. The molecule has 1 aliphatic rings. The number of nitro groups is 1. The minimum atomic E-state index is -0.580. The number of hydrogen-bond donors (Lipinski definition) is 1. The summed E-state index contributed by atoms with van der Waals surface area (Å²) >= 11 is 0.767. The van der Waals surface area contributed by atoms with Gasteiger partial charge < -0.3 is 10.2 Å². The first-order chi connectivity index (χ1) is 12.4. The van der Waals surface area contributed by atoms with Gasteiger partial charge in [0.1, 0.15) is 12.0 Å². The SMILES string of the molecule is O=C(Nc1ncc([N+](=O)[O-])s1)[C@@H]1CC(=O)N(CCc2ccc(F)cc2)C1. The largest absolute Gasteiger partial charge is 0.345 e. The van der Waals surface area contributed by atoms with Crippen molar-refractivity contribution >= 4 is 33.3 Å². The highest BCUT2D eigenvalue weighted by atomic mass is 32.1. The monoisotopic (exact) mass is 378 g/mol. The summed E-state index contributed by atoms with van der Waals surface area (Å²) in [7, 11) is 0. The Hall–Kier alpha value is -2.88. The summed E-state index contributed by atoms with van der Waals surface area (Å²) < 4.78 is 12.9. The maximum Gasteiger partial charge on any atom is 0.345 e. The van der Waals surface area contributed by atoms with Crippen LogP contribution in [0, 0.1) is 21.8 Å². The van der Waals surface area contributed by atoms with Crippen LogP contribution in [0.3, 0.4) is 0 Å². The van der Waals surface area contributed by atoms with Gasteiger partial charge >= 0.3 is 5.00 Å². The fourth-order valence-corrected chi connectivity index (χ4v) is 3.33. The third-order valence-electron chi connectivity index (χ3n) is 4.07. The van der Waals surface area contributed by atoms with Gasteiger partial charge in [-0.05, 0) is 35.5 Å². The Balaban J connectivity index is 1.53. The molecule has 2 aromatic rings. The van der Waals surface area contributed by atoms with Crippen molar-refractivity contribution < 1.29 is 18.9 Å². The number of anilines is 1. The molecule has 1 fully saturated rings. The summed E-state index contributed by atoms with van der Waals surface area (Å²) in [6.07, 6.45) is 1.73. The van der Waals surface area contributed by atoms with Crippen LogP contribution >= 0.6 is 11.3 Å². The van der Waals surface area contributed by atoms with Crippen LogP contribution in [0.2, 0.25) is 0 Å². The zero-order valence-corrected chi connectivity index (χ0v) is 14.4. The van der Waals surface area contributed by atoms with E-state index in [-0.39, 0.29) is 40.7 Å². The van der Waals surface area contributed by atoms with Crippen molar-refractivity contribution in [2.45, 2.75) is 12.8 Å². The van der Waals surface area contributed by atoms with Crippen molar-refractivity contribution in [3.05, 3.63) is 52.0 Å². The van der Waals surface area contributed by atoms with Gasteiger partial charge in [-0.3, -0.25) is 19.7 Å². The summed E-state index contributed by atoms with van der Waals surface area (Å²) in [5.41, 5.74) is 0.905. The zero-order chi connectivity index (χ0) is 18.7. The standard InChI is InChI=1S/C16H15FN4O4S/c17-12-3-1-10(2-4-12)5-6-20-9-11(7-13(20)22)15(23)19-16-18-8-14(26-16)21(24)25/h1-4,8,11H,5-7,9H2,(H,18,19,23)/t11-/m1/s1. The number of amides is 2. The van der Waals surface area contributed by atoms with E-state index in [1.54, 1.807) is 17.0 Å². The van der Waals surface area contributed by atoms with Crippen molar-refractivity contribution in [3.8, 4) is 0 Å². The molecule has 1 N–H and O–H groups in total. The van der Waals surface area contributed by atoms with Crippen LogP contribution < -0.4 is 5.32 Å². The number of likely N-dealkylation sites (tertiary alicyclic amines) is 1. The number of carbonyl (C=O) groups is 2. The smallest absolute Gasteiger partial charge is 0.342 e. The molecule has 3 rings (SSSR count). The molecule has 8 nitrogen and oxygen atoms in total. The van der Waals surface area contributed by atoms with Crippen LogP contribution in [0.1, 0.15) is 12.0 Å². The molecule has 0 aliphatic carbocycles. The molecule has 2 heterocycles. The molecule has 26 heavy (non-hydrogen) atoms. The van der Waals surface area contributed by atoms with E-state index >= 15 is 0 Å². The first-order valence-corrected chi connectivity index (χ1v) is 8.67. The summed E-state index contributed by atoms with van der Waals surface area (Å²) in [5, 5.41) is 13.1. The quantitative estimate of drug-likeness (QED) is 0.613. The van der Waals surface area contributed by atoms with Crippen molar-refractivity contribution in [1.82, 2.24) is 9.88 Å². The van der Waals surface area contributed by atoms with Gasteiger partial charge in [0.05, 0.1) is 10.8 Å². The number of aromatic nitrogens is 1. The summed E-state index contributed by atoms with van der Waals surface area (Å²) in [4.78, 5) is 39.8. The Morgan fingerprint density at radius 2 is 2.15 bits per heavy atom. The van der Waals surface area contributed by atoms with Crippen molar-refractivity contribution in [2.24, 2.45) is 5.92 Å². The molecule has 1 aliphatic heterocycles. The van der Waals surface area contributed by atoms with Gasteiger partial charge in [-0.25, -0.2) is 9.37 Å². The van der Waals surface area contributed by atoms with Gasteiger partial charge in [-0.1, -0.05) is 12.1 Å². The van der Waals surface area contributed by atoms with Crippen molar-refractivity contribution in [2.75, 3.05) is 18.4 Å². The lowest BCUT2D eigenvalue weighted by molar-refractivity contribution is -0.380. The summed E-state index contributed by atoms with van der Waals surface area (Å²) in [6, 6.07) is 6.06. The second kappa shape index (κ2) is 7.56. The summed E-state index contributed by atoms with van der Waals surface area (Å²) in [6.45, 7) is 0.719. The number of carbonyl (C=O) groups excluding carboxylic acids is 2. The van der Waals surface area contributed by atoms with E-state index in [2.05, 4.69) is 10.3 Å². The Bertz CT molecular complexity index is 839. The molecule has 0 spiro atoms. The van der Waals surface area contributed by atoms with E-state index < -0.39 is 10.8 Å². The lowest BCUT2D eigenvalue weighted by atomic mass is 10.1. The minimum absolute atomic E-state index is 0.0860. The Morgan fingerprint density at radius 3 is 2.81 bits per heavy atom. The van der Waals surface area contributed by atoms with E-state index in [1.165, 1.54) is 12.1 Å². The first-order valence-electron chi connectivity index (χ1n) is 7.85. The van der Waals surface area contributed by atoms with Gasteiger partial charge in [0.15, 0.2) is 5.13 Å². The van der Waals surface area contributed by atoms with Gasteiger partial charge in [0, 0.05) is 19.5 Å². The number of rotatable bonds is 6. The third-order valence-corrected chi connectivity index (χ3v) is 4.94. The fourth-order valence-electron chi connectivity index (χ4n) is 2.69. The van der Waals surface area contributed by atoms with Crippen molar-refractivity contribution in [3.63, 3.8) is 0 Å². The minimum Gasteiger partial charge on any atom is -0.342 e. The predicted molar refractivity (Wildman–Crippen MR) is 92.2 cm³/mol. The van der Waals surface area contributed by atoms with E-state index in [0.29, 0.717) is 13.0 Å². The zero-order valence-electron chi connectivity index (χ0n) is 13.6. The number of halogens is 1. The van der Waals surface area contributed by atoms with Crippen LogP contribution in [0.5, 0.6) is 0 Å². The third kappa shape index (κ3) is 4.20. The average Bonchev–Trinajstić information content (AvgIpc) is 3.21. The molecule has 0 radical (unpaired) electrons. The van der Waals surface area contributed by atoms with Crippen LogP contribution in [0.15, 0.2) is 30.5 Å². The molecule has 136 valence electrons. The predicted octanol–water partition coefficient (Wildman–Crippen LogP) is 2.22. The van der Waals surface area contributed by atoms with Crippen LogP contribution in [-0.2, 0) is 16.0 Å². The Kier molecular flexibility index (Phi) is 5.21. The van der Waals surface area contributed by atoms with Gasteiger partial charge in [-0.15, -0.1) is 0 Å². The Morgan fingerprint density at radius 1 is 1.42 bits per heavy atom. The molecule has 0 unspecified atom stereocenters. The number of benzene rings is 1. The van der Waals surface area contributed by atoms with Gasteiger partial charge in [0.25, 0.3) is 0 Å². The maximum absolute atomic E-state index is 12.9. The molecule has 2 amide bonds. The molecular weight excluding hydrogens is 363 g/mol. The van der Waals surface area contributed by atoms with Crippen LogP contribution in [0.4, 0.5) is 14.5 Å². The van der Waals surface area contributed by atoms with E-state index in [1.807, 2.05) is 0 Å². The number of thiazole rings is 1. The van der Waals surface area contributed by atoms with E-state index in [0.717, 1.165) is 23.1 Å². The van der Waals surface area contributed by atoms with E-state index in [4.69, 9.17) is 0 Å². The Labute approximate surface area is 151 Å². The van der Waals surface area contributed by atoms with Crippen LogP contribution in [0.25, 0.3) is 0 Å². The highest BCUT2D eigenvalue weighted by Gasteiger charge is 2.34. The fraction of sp³-hybridized carbons (Fsp3) is 0.312. The van der Waals surface area contributed by atoms with E-state index in [9.17, 15) is 24.1 Å². The molecule has 1 saturated heterocycles.